The van der Waals surface area contributed by atoms with Crippen molar-refractivity contribution in [2.75, 3.05) is 0 Å². The summed E-state index contributed by atoms with van der Waals surface area (Å²) in [4.78, 5) is 0.303. The van der Waals surface area contributed by atoms with E-state index in [0.29, 0.717) is 10.0 Å². The van der Waals surface area contributed by atoms with E-state index in [2.05, 4.69) is 5.10 Å². The number of aromatic nitrogens is 2. The summed E-state index contributed by atoms with van der Waals surface area (Å²) < 4.78 is 1.82. The van der Waals surface area contributed by atoms with Crippen molar-refractivity contribution in [2.24, 2.45) is 5.73 Å². The van der Waals surface area contributed by atoms with E-state index in [1.807, 2.05) is 41.2 Å². The van der Waals surface area contributed by atoms with Crippen molar-refractivity contribution in [1.29, 1.82) is 0 Å². The van der Waals surface area contributed by atoms with Gasteiger partial charge in [-0.05, 0) is 24.3 Å². The molecule has 0 unspecified atom stereocenters. The van der Waals surface area contributed by atoms with Crippen molar-refractivity contribution >= 4 is 39.7 Å². The lowest BCUT2D eigenvalue weighted by Crippen LogP contribution is -2.13. The number of halogens is 1. The Kier molecular flexibility index (Phi) is 2.97. The molecule has 1 aromatic heterocycles. The summed E-state index contributed by atoms with van der Waals surface area (Å²) in [5.41, 5.74) is 8.32. The molecule has 0 saturated heterocycles. The maximum absolute atomic E-state index is 6.00. The van der Waals surface area contributed by atoms with Gasteiger partial charge in [-0.3, -0.25) is 0 Å². The summed E-state index contributed by atoms with van der Waals surface area (Å²) in [5.74, 6) is 0. The van der Waals surface area contributed by atoms with E-state index in [9.17, 15) is 0 Å². The monoisotopic (exact) mass is 287 g/mol. The summed E-state index contributed by atoms with van der Waals surface area (Å²) >= 11 is 11.1. The standard InChI is InChI=1S/C14H10ClN3S/c15-10-5-6-13(11(7-10)14(16)19)18-12-4-2-1-3-9(12)8-17-18/h1-8H,(H2,16,19). The predicted molar refractivity (Wildman–Crippen MR) is 82.0 cm³/mol. The van der Waals surface area contributed by atoms with E-state index in [-0.39, 0.29) is 0 Å². The molecule has 5 heteroatoms. The molecule has 0 atom stereocenters. The predicted octanol–water partition coefficient (Wildman–Crippen LogP) is 3.31. The molecule has 2 N–H and O–H groups in total. The fourth-order valence-corrected chi connectivity index (χ4v) is 2.39. The Balaban J connectivity index is 2.30. The second kappa shape index (κ2) is 4.64. The van der Waals surface area contributed by atoms with Gasteiger partial charge in [0.15, 0.2) is 0 Å². The number of hydrogen-bond acceptors (Lipinski definition) is 2. The van der Waals surface area contributed by atoms with Crippen LogP contribution in [0.5, 0.6) is 0 Å². The minimum atomic E-state index is 0.303. The first-order chi connectivity index (χ1) is 9.16. The average molecular weight is 288 g/mol. The van der Waals surface area contributed by atoms with E-state index in [1.165, 1.54) is 0 Å². The molecule has 0 amide bonds. The molecule has 0 aliphatic heterocycles. The number of thiocarbonyl (C=S) groups is 1. The molecule has 19 heavy (non-hydrogen) atoms. The Hall–Kier alpha value is -1.91. The lowest BCUT2D eigenvalue weighted by atomic mass is 10.1. The summed E-state index contributed by atoms with van der Waals surface area (Å²) in [5, 5.41) is 6.06. The topological polar surface area (TPSA) is 43.8 Å². The summed E-state index contributed by atoms with van der Waals surface area (Å²) in [6.45, 7) is 0. The van der Waals surface area contributed by atoms with Crippen LogP contribution in [-0.2, 0) is 0 Å². The Labute approximate surface area is 120 Å². The summed E-state index contributed by atoms with van der Waals surface area (Å²) in [6, 6.07) is 13.4. The zero-order chi connectivity index (χ0) is 13.4. The highest BCUT2D eigenvalue weighted by atomic mass is 35.5. The molecule has 0 bridgehead atoms. The fourth-order valence-electron chi connectivity index (χ4n) is 2.05. The van der Waals surface area contributed by atoms with Crippen LogP contribution in [0.4, 0.5) is 0 Å². The van der Waals surface area contributed by atoms with Gasteiger partial charge in [0.25, 0.3) is 0 Å². The van der Waals surface area contributed by atoms with Crippen LogP contribution < -0.4 is 5.73 Å². The Bertz CT molecular complexity index is 779. The van der Waals surface area contributed by atoms with E-state index >= 15 is 0 Å². The Morgan fingerprint density at radius 1 is 1.21 bits per heavy atom. The van der Waals surface area contributed by atoms with Crippen LogP contribution in [0.25, 0.3) is 16.6 Å². The number of nitrogens with two attached hydrogens (primary N) is 1. The van der Waals surface area contributed by atoms with Gasteiger partial charge in [0.05, 0.1) is 17.4 Å². The molecule has 0 aliphatic carbocycles. The maximum atomic E-state index is 6.00. The molecule has 3 nitrogen and oxygen atoms in total. The van der Waals surface area contributed by atoms with E-state index in [0.717, 1.165) is 22.2 Å². The maximum Gasteiger partial charge on any atom is 0.106 e. The van der Waals surface area contributed by atoms with Gasteiger partial charge in [-0.25, -0.2) is 4.68 Å². The SMILES string of the molecule is NC(=S)c1cc(Cl)ccc1-n1ncc2ccccc21. The number of nitrogens with zero attached hydrogens (tertiary/aromatic N) is 2. The number of benzene rings is 2. The third-order valence-electron chi connectivity index (χ3n) is 2.93. The number of rotatable bonds is 2. The summed E-state index contributed by atoms with van der Waals surface area (Å²) in [6.07, 6.45) is 1.81. The van der Waals surface area contributed by atoms with Crippen LogP contribution in [0.15, 0.2) is 48.7 Å². The number of fused-ring (bicyclic) bond motifs is 1. The fraction of sp³-hybridized carbons (Fsp3) is 0. The van der Waals surface area contributed by atoms with Gasteiger partial charge in [0.2, 0.25) is 0 Å². The van der Waals surface area contributed by atoms with E-state index < -0.39 is 0 Å². The highest BCUT2D eigenvalue weighted by molar-refractivity contribution is 7.80. The normalized spacial score (nSPS) is 10.8. The molecular formula is C14H10ClN3S. The van der Waals surface area contributed by atoms with Crippen molar-refractivity contribution in [3.63, 3.8) is 0 Å². The lowest BCUT2D eigenvalue weighted by Gasteiger charge is -2.10. The van der Waals surface area contributed by atoms with Gasteiger partial charge < -0.3 is 5.73 Å². The van der Waals surface area contributed by atoms with Crippen LogP contribution in [0.3, 0.4) is 0 Å². The average Bonchev–Trinajstić information content (AvgIpc) is 2.82. The van der Waals surface area contributed by atoms with Crippen molar-refractivity contribution in [3.05, 3.63) is 59.2 Å². The first-order valence-corrected chi connectivity index (χ1v) is 6.48. The second-order valence-corrected chi connectivity index (χ2v) is 5.02. The Morgan fingerprint density at radius 2 is 2.00 bits per heavy atom. The minimum Gasteiger partial charge on any atom is -0.389 e. The largest absolute Gasteiger partial charge is 0.389 e. The van der Waals surface area contributed by atoms with Gasteiger partial charge in [0.1, 0.15) is 4.99 Å². The number of para-hydroxylation sites is 1. The van der Waals surface area contributed by atoms with Crippen LogP contribution >= 0.6 is 23.8 Å². The lowest BCUT2D eigenvalue weighted by molar-refractivity contribution is 0.909. The molecule has 0 saturated carbocycles. The third kappa shape index (κ3) is 2.09. The molecule has 0 fully saturated rings. The van der Waals surface area contributed by atoms with Gasteiger partial charge in [-0.15, -0.1) is 0 Å². The molecule has 0 aliphatic rings. The quantitative estimate of drug-likeness (QED) is 0.736. The van der Waals surface area contributed by atoms with Gasteiger partial charge in [-0.1, -0.05) is 42.0 Å². The van der Waals surface area contributed by atoms with E-state index in [4.69, 9.17) is 29.6 Å². The van der Waals surface area contributed by atoms with Crippen molar-refractivity contribution < 1.29 is 0 Å². The smallest absolute Gasteiger partial charge is 0.106 e. The molecule has 2 aromatic carbocycles. The Morgan fingerprint density at radius 3 is 2.79 bits per heavy atom. The third-order valence-corrected chi connectivity index (χ3v) is 3.38. The van der Waals surface area contributed by atoms with Crippen LogP contribution in [0, 0.1) is 0 Å². The van der Waals surface area contributed by atoms with E-state index in [1.54, 1.807) is 12.1 Å². The first-order valence-electron chi connectivity index (χ1n) is 5.69. The van der Waals surface area contributed by atoms with Crippen molar-refractivity contribution in [3.8, 4) is 5.69 Å². The molecule has 1 heterocycles. The molecule has 94 valence electrons. The van der Waals surface area contributed by atoms with Gasteiger partial charge in [0, 0.05) is 16.0 Å². The molecular weight excluding hydrogens is 278 g/mol. The second-order valence-electron chi connectivity index (χ2n) is 4.14. The van der Waals surface area contributed by atoms with Crippen LogP contribution in [0.1, 0.15) is 5.56 Å². The first kappa shape index (κ1) is 12.1. The van der Waals surface area contributed by atoms with Crippen molar-refractivity contribution in [1.82, 2.24) is 9.78 Å². The molecule has 3 rings (SSSR count). The zero-order valence-electron chi connectivity index (χ0n) is 9.88. The minimum absolute atomic E-state index is 0.303. The van der Waals surface area contributed by atoms with Crippen molar-refractivity contribution in [2.45, 2.75) is 0 Å². The number of hydrogen-bond donors (Lipinski definition) is 1. The van der Waals surface area contributed by atoms with Crippen LogP contribution in [0.2, 0.25) is 5.02 Å². The summed E-state index contributed by atoms with van der Waals surface area (Å²) in [7, 11) is 0. The zero-order valence-corrected chi connectivity index (χ0v) is 11.4. The molecule has 0 radical (unpaired) electrons. The molecule has 0 spiro atoms. The van der Waals surface area contributed by atoms with Gasteiger partial charge in [-0.2, -0.15) is 5.10 Å². The highest BCUT2D eigenvalue weighted by Crippen LogP contribution is 2.23. The van der Waals surface area contributed by atoms with Crippen LogP contribution in [-0.4, -0.2) is 14.8 Å². The highest BCUT2D eigenvalue weighted by Gasteiger charge is 2.11. The molecule has 3 aromatic rings. The van der Waals surface area contributed by atoms with Gasteiger partial charge >= 0.3 is 0 Å².